The lowest BCUT2D eigenvalue weighted by atomic mass is 9.95. The van der Waals surface area contributed by atoms with E-state index in [9.17, 15) is 4.79 Å². The van der Waals surface area contributed by atoms with E-state index in [2.05, 4.69) is 41.7 Å². The summed E-state index contributed by atoms with van der Waals surface area (Å²) in [6.45, 7) is 0. The lowest BCUT2D eigenvalue weighted by Gasteiger charge is -2.15. The summed E-state index contributed by atoms with van der Waals surface area (Å²) in [6, 6.07) is 26.8. The van der Waals surface area contributed by atoms with E-state index in [-0.39, 0.29) is 5.91 Å². The Morgan fingerprint density at radius 1 is 0.800 bits per heavy atom. The van der Waals surface area contributed by atoms with Crippen molar-refractivity contribution in [3.8, 4) is 11.1 Å². The van der Waals surface area contributed by atoms with Crippen LogP contribution in [0.1, 0.15) is 18.4 Å². The molecule has 1 amide bonds. The van der Waals surface area contributed by atoms with Gasteiger partial charge in [-0.05, 0) is 42.2 Å². The topological polar surface area (TPSA) is 55.1 Å². The summed E-state index contributed by atoms with van der Waals surface area (Å²) in [4.78, 5) is 11.0. The lowest BCUT2D eigenvalue weighted by molar-refractivity contribution is -0.118. The third-order valence-corrected chi connectivity index (χ3v) is 4.16. The molecule has 3 heteroatoms. The van der Waals surface area contributed by atoms with Crippen LogP contribution in [0.4, 0.5) is 11.4 Å². The Balaban J connectivity index is 1.90. The average Bonchev–Trinajstić information content (AvgIpc) is 2.63. The maximum Gasteiger partial charge on any atom is 0.217 e. The minimum atomic E-state index is -0.247. The number of aryl methyl sites for hydroxylation is 1. The number of para-hydroxylation sites is 2. The highest BCUT2D eigenvalue weighted by Crippen LogP contribution is 2.33. The standard InChI is InChI=1S/C22H22N2O/c23-22(25)16-8-10-17-9-4-5-13-19(17)20-14-6-7-15-21(20)24-18-11-2-1-3-12-18/h1-7,9,11-15,24H,8,10,16H2,(H2,23,25). The zero-order chi connectivity index (χ0) is 17.5. The summed E-state index contributed by atoms with van der Waals surface area (Å²) < 4.78 is 0. The van der Waals surface area contributed by atoms with Crippen molar-refractivity contribution in [1.29, 1.82) is 0 Å². The summed E-state index contributed by atoms with van der Waals surface area (Å²) in [5, 5.41) is 3.50. The van der Waals surface area contributed by atoms with Gasteiger partial charge in [-0.1, -0.05) is 60.7 Å². The summed E-state index contributed by atoms with van der Waals surface area (Å²) >= 11 is 0. The van der Waals surface area contributed by atoms with Crippen LogP contribution in [0, 0.1) is 0 Å². The van der Waals surface area contributed by atoms with Crippen molar-refractivity contribution in [1.82, 2.24) is 0 Å². The number of primary amides is 1. The molecule has 3 nitrogen and oxygen atoms in total. The maximum atomic E-state index is 11.0. The van der Waals surface area contributed by atoms with Gasteiger partial charge in [-0.3, -0.25) is 4.79 Å². The molecular weight excluding hydrogens is 308 g/mol. The quantitative estimate of drug-likeness (QED) is 0.647. The molecular formula is C22H22N2O. The molecule has 0 fully saturated rings. The van der Waals surface area contributed by atoms with Crippen LogP contribution in [0.5, 0.6) is 0 Å². The minimum absolute atomic E-state index is 0.247. The van der Waals surface area contributed by atoms with Gasteiger partial charge in [0.1, 0.15) is 0 Å². The number of anilines is 2. The van der Waals surface area contributed by atoms with Crippen LogP contribution >= 0.6 is 0 Å². The summed E-state index contributed by atoms with van der Waals surface area (Å²) in [5.74, 6) is -0.247. The van der Waals surface area contributed by atoms with Crippen molar-refractivity contribution >= 4 is 17.3 Å². The van der Waals surface area contributed by atoms with Crippen molar-refractivity contribution in [2.75, 3.05) is 5.32 Å². The molecule has 0 aliphatic heterocycles. The van der Waals surface area contributed by atoms with Gasteiger partial charge in [0.25, 0.3) is 0 Å². The van der Waals surface area contributed by atoms with Crippen molar-refractivity contribution in [3.05, 3.63) is 84.4 Å². The van der Waals surface area contributed by atoms with E-state index < -0.39 is 0 Å². The Bertz CT molecular complexity index is 843. The van der Waals surface area contributed by atoms with E-state index in [0.717, 1.165) is 29.8 Å². The first-order valence-electron chi connectivity index (χ1n) is 8.52. The third-order valence-electron chi connectivity index (χ3n) is 4.16. The number of rotatable bonds is 7. The van der Waals surface area contributed by atoms with Gasteiger partial charge in [0, 0.05) is 23.4 Å². The van der Waals surface area contributed by atoms with Gasteiger partial charge < -0.3 is 11.1 Å². The molecule has 0 unspecified atom stereocenters. The predicted molar refractivity (Wildman–Crippen MR) is 104 cm³/mol. The van der Waals surface area contributed by atoms with E-state index >= 15 is 0 Å². The number of carbonyl (C=O) groups is 1. The van der Waals surface area contributed by atoms with E-state index in [1.807, 2.05) is 42.5 Å². The van der Waals surface area contributed by atoms with Crippen LogP contribution in [-0.4, -0.2) is 5.91 Å². The number of benzene rings is 3. The van der Waals surface area contributed by atoms with Gasteiger partial charge in [-0.25, -0.2) is 0 Å². The Morgan fingerprint density at radius 2 is 1.44 bits per heavy atom. The molecule has 0 bridgehead atoms. The summed E-state index contributed by atoms with van der Waals surface area (Å²) in [5.41, 5.74) is 11.0. The molecule has 0 saturated carbocycles. The van der Waals surface area contributed by atoms with E-state index in [0.29, 0.717) is 6.42 Å². The van der Waals surface area contributed by atoms with Crippen molar-refractivity contribution in [2.24, 2.45) is 5.73 Å². The van der Waals surface area contributed by atoms with Crippen molar-refractivity contribution in [2.45, 2.75) is 19.3 Å². The first kappa shape index (κ1) is 16.8. The second kappa shape index (κ2) is 8.15. The second-order valence-electron chi connectivity index (χ2n) is 6.01. The third kappa shape index (κ3) is 4.48. The molecule has 0 atom stereocenters. The van der Waals surface area contributed by atoms with Crippen molar-refractivity contribution in [3.63, 3.8) is 0 Å². The van der Waals surface area contributed by atoms with E-state index in [1.165, 1.54) is 11.1 Å². The Hall–Kier alpha value is -3.07. The number of nitrogens with one attached hydrogen (secondary N) is 1. The van der Waals surface area contributed by atoms with Crippen LogP contribution in [0.2, 0.25) is 0 Å². The number of hydrogen-bond donors (Lipinski definition) is 2. The minimum Gasteiger partial charge on any atom is -0.370 e. The van der Waals surface area contributed by atoms with Gasteiger partial charge in [0.15, 0.2) is 0 Å². The number of amides is 1. The van der Waals surface area contributed by atoms with Crippen LogP contribution < -0.4 is 11.1 Å². The highest BCUT2D eigenvalue weighted by Gasteiger charge is 2.09. The van der Waals surface area contributed by atoms with E-state index in [1.54, 1.807) is 0 Å². The normalized spacial score (nSPS) is 10.4. The SMILES string of the molecule is NC(=O)CCCc1ccccc1-c1ccccc1Nc1ccccc1. The molecule has 3 aromatic rings. The summed E-state index contributed by atoms with van der Waals surface area (Å²) in [6.07, 6.45) is 2.01. The number of nitrogens with two attached hydrogens (primary N) is 1. The molecule has 0 aromatic heterocycles. The Morgan fingerprint density at radius 3 is 2.20 bits per heavy atom. The molecule has 0 saturated heterocycles. The maximum absolute atomic E-state index is 11.0. The van der Waals surface area contributed by atoms with Gasteiger partial charge >= 0.3 is 0 Å². The van der Waals surface area contributed by atoms with E-state index in [4.69, 9.17) is 5.73 Å². The molecule has 0 spiro atoms. The summed E-state index contributed by atoms with van der Waals surface area (Å²) in [7, 11) is 0. The fourth-order valence-corrected chi connectivity index (χ4v) is 2.96. The monoisotopic (exact) mass is 330 g/mol. The molecule has 126 valence electrons. The Kier molecular flexibility index (Phi) is 5.47. The smallest absolute Gasteiger partial charge is 0.217 e. The second-order valence-corrected chi connectivity index (χ2v) is 6.01. The van der Waals surface area contributed by atoms with Gasteiger partial charge in [0.05, 0.1) is 0 Å². The highest BCUT2D eigenvalue weighted by atomic mass is 16.1. The fourth-order valence-electron chi connectivity index (χ4n) is 2.96. The largest absolute Gasteiger partial charge is 0.370 e. The van der Waals surface area contributed by atoms with Crippen LogP contribution in [0.3, 0.4) is 0 Å². The first-order valence-corrected chi connectivity index (χ1v) is 8.52. The molecule has 0 aliphatic rings. The zero-order valence-electron chi connectivity index (χ0n) is 14.1. The molecule has 3 rings (SSSR count). The van der Waals surface area contributed by atoms with Crippen LogP contribution in [0.25, 0.3) is 11.1 Å². The molecule has 0 radical (unpaired) electrons. The van der Waals surface area contributed by atoms with Gasteiger partial charge in [-0.2, -0.15) is 0 Å². The predicted octanol–water partition coefficient (Wildman–Crippen LogP) is 4.91. The Labute approximate surface area is 148 Å². The van der Waals surface area contributed by atoms with Crippen LogP contribution in [0.15, 0.2) is 78.9 Å². The average molecular weight is 330 g/mol. The molecule has 3 aromatic carbocycles. The first-order chi connectivity index (χ1) is 12.2. The van der Waals surface area contributed by atoms with Gasteiger partial charge in [0.2, 0.25) is 5.91 Å². The van der Waals surface area contributed by atoms with Crippen LogP contribution in [-0.2, 0) is 11.2 Å². The number of carbonyl (C=O) groups excluding carboxylic acids is 1. The molecule has 0 heterocycles. The lowest BCUT2D eigenvalue weighted by Crippen LogP contribution is -2.10. The molecule has 3 N–H and O–H groups in total. The molecule has 25 heavy (non-hydrogen) atoms. The van der Waals surface area contributed by atoms with Gasteiger partial charge in [-0.15, -0.1) is 0 Å². The van der Waals surface area contributed by atoms with Crippen molar-refractivity contribution < 1.29 is 4.79 Å². The molecule has 0 aliphatic carbocycles. The highest BCUT2D eigenvalue weighted by molar-refractivity contribution is 5.82. The fraction of sp³-hybridized carbons (Fsp3) is 0.136. The number of hydrogen-bond acceptors (Lipinski definition) is 2. The zero-order valence-corrected chi connectivity index (χ0v) is 14.1.